The Kier molecular flexibility index (Phi) is 3.00. The topological polar surface area (TPSA) is 40.5 Å². The maximum absolute atomic E-state index is 13.2. The molecular formula is C13H17FO2. The van der Waals surface area contributed by atoms with Gasteiger partial charge in [0.2, 0.25) is 0 Å². The van der Waals surface area contributed by atoms with E-state index >= 15 is 0 Å². The minimum absolute atomic E-state index is 0.365. The van der Waals surface area contributed by atoms with Crippen LogP contribution in [0.2, 0.25) is 0 Å². The molecule has 1 aliphatic carbocycles. The lowest BCUT2D eigenvalue weighted by atomic mass is 9.89. The predicted octanol–water partition coefficient (Wildman–Crippen LogP) is 2.47. The Morgan fingerprint density at radius 2 is 1.88 bits per heavy atom. The maximum atomic E-state index is 13.2. The highest BCUT2D eigenvalue weighted by Gasteiger charge is 2.39. The first-order chi connectivity index (χ1) is 7.51. The second-order valence-corrected chi connectivity index (χ2v) is 4.78. The zero-order valence-electron chi connectivity index (χ0n) is 9.41. The van der Waals surface area contributed by atoms with Gasteiger partial charge in [-0.25, -0.2) is 4.39 Å². The summed E-state index contributed by atoms with van der Waals surface area (Å²) in [6, 6.07) is 4.44. The monoisotopic (exact) mass is 224 g/mol. The molecule has 2 rings (SSSR count). The van der Waals surface area contributed by atoms with E-state index in [1.165, 1.54) is 12.1 Å². The highest BCUT2D eigenvalue weighted by Crippen LogP contribution is 2.39. The Morgan fingerprint density at radius 1 is 1.25 bits per heavy atom. The molecular weight excluding hydrogens is 207 g/mol. The molecule has 0 saturated heterocycles. The first kappa shape index (κ1) is 11.6. The van der Waals surface area contributed by atoms with Gasteiger partial charge in [0.15, 0.2) is 0 Å². The van der Waals surface area contributed by atoms with E-state index < -0.39 is 11.7 Å². The summed E-state index contributed by atoms with van der Waals surface area (Å²) in [6.07, 6.45) is 2.03. The van der Waals surface area contributed by atoms with Crippen molar-refractivity contribution in [2.45, 2.75) is 44.3 Å². The summed E-state index contributed by atoms with van der Waals surface area (Å²) < 4.78 is 13.2. The zero-order valence-corrected chi connectivity index (χ0v) is 9.41. The van der Waals surface area contributed by atoms with Gasteiger partial charge in [0.25, 0.3) is 0 Å². The molecule has 0 heterocycles. The van der Waals surface area contributed by atoms with Crippen molar-refractivity contribution in [2.24, 2.45) is 0 Å². The van der Waals surface area contributed by atoms with Gasteiger partial charge in [0, 0.05) is 0 Å². The van der Waals surface area contributed by atoms with E-state index in [2.05, 4.69) is 0 Å². The van der Waals surface area contributed by atoms with E-state index in [1.807, 2.05) is 0 Å². The normalized spacial score (nSPS) is 21.0. The van der Waals surface area contributed by atoms with Crippen LogP contribution in [0.5, 0.6) is 0 Å². The number of benzene rings is 1. The number of aryl methyl sites for hydroxylation is 1. The number of halogens is 1. The van der Waals surface area contributed by atoms with Gasteiger partial charge in [-0.15, -0.1) is 0 Å². The molecule has 0 bridgehead atoms. The molecule has 88 valence electrons. The van der Waals surface area contributed by atoms with Crippen molar-refractivity contribution in [3.8, 4) is 0 Å². The van der Waals surface area contributed by atoms with Gasteiger partial charge in [0.1, 0.15) is 11.9 Å². The summed E-state index contributed by atoms with van der Waals surface area (Å²) in [5.41, 5.74) is 0.165. The second-order valence-electron chi connectivity index (χ2n) is 4.78. The summed E-state index contributed by atoms with van der Waals surface area (Å²) in [5.74, 6) is -0.365. The lowest BCUT2D eigenvalue weighted by Crippen LogP contribution is -2.32. The zero-order chi connectivity index (χ0) is 11.8. The average Bonchev–Trinajstić information content (AvgIpc) is 2.64. The lowest BCUT2D eigenvalue weighted by Gasteiger charge is -2.29. The Bertz CT molecular complexity index is 363. The van der Waals surface area contributed by atoms with Crippen molar-refractivity contribution in [2.75, 3.05) is 0 Å². The number of rotatable bonds is 2. The van der Waals surface area contributed by atoms with Crippen LogP contribution in [0.25, 0.3) is 0 Å². The van der Waals surface area contributed by atoms with Crippen molar-refractivity contribution >= 4 is 0 Å². The van der Waals surface area contributed by atoms with Crippen LogP contribution in [0, 0.1) is 12.7 Å². The van der Waals surface area contributed by atoms with Crippen LogP contribution >= 0.6 is 0 Å². The molecule has 16 heavy (non-hydrogen) atoms. The van der Waals surface area contributed by atoms with Crippen LogP contribution in [-0.4, -0.2) is 15.8 Å². The van der Waals surface area contributed by atoms with Gasteiger partial charge in [-0.05, 0) is 43.0 Å². The number of aliphatic hydroxyl groups excluding tert-OH is 1. The third-order valence-electron chi connectivity index (χ3n) is 3.36. The van der Waals surface area contributed by atoms with E-state index in [1.54, 1.807) is 13.0 Å². The van der Waals surface area contributed by atoms with E-state index in [0.717, 1.165) is 18.4 Å². The third-order valence-corrected chi connectivity index (χ3v) is 3.36. The Hall–Kier alpha value is -0.930. The van der Waals surface area contributed by atoms with E-state index in [0.29, 0.717) is 18.4 Å². The fraction of sp³-hybridized carbons (Fsp3) is 0.538. The van der Waals surface area contributed by atoms with E-state index in [4.69, 9.17) is 0 Å². The average molecular weight is 224 g/mol. The smallest absolute Gasteiger partial charge is 0.123 e. The van der Waals surface area contributed by atoms with Gasteiger partial charge in [0.05, 0.1) is 5.60 Å². The molecule has 0 radical (unpaired) electrons. The first-order valence-corrected chi connectivity index (χ1v) is 5.69. The molecule has 1 aromatic rings. The molecule has 2 N–H and O–H groups in total. The number of hydrogen-bond donors (Lipinski definition) is 2. The van der Waals surface area contributed by atoms with E-state index in [-0.39, 0.29) is 5.82 Å². The largest absolute Gasteiger partial charge is 0.387 e. The van der Waals surface area contributed by atoms with Crippen LogP contribution in [0.1, 0.15) is 42.9 Å². The fourth-order valence-electron chi connectivity index (χ4n) is 2.49. The summed E-state index contributed by atoms with van der Waals surface area (Å²) in [6.45, 7) is 1.78. The minimum Gasteiger partial charge on any atom is -0.387 e. The van der Waals surface area contributed by atoms with Gasteiger partial charge < -0.3 is 10.2 Å². The van der Waals surface area contributed by atoms with Crippen molar-refractivity contribution in [3.63, 3.8) is 0 Å². The number of hydrogen-bond acceptors (Lipinski definition) is 2. The molecule has 0 amide bonds. The van der Waals surface area contributed by atoms with E-state index in [9.17, 15) is 14.6 Å². The van der Waals surface area contributed by atoms with Gasteiger partial charge in [-0.3, -0.25) is 0 Å². The number of aliphatic hydroxyl groups is 2. The Labute approximate surface area is 94.7 Å². The molecule has 1 atom stereocenters. The molecule has 2 nitrogen and oxygen atoms in total. The molecule has 1 unspecified atom stereocenters. The third kappa shape index (κ3) is 2.11. The van der Waals surface area contributed by atoms with Crippen molar-refractivity contribution in [1.29, 1.82) is 0 Å². The Balaban J connectivity index is 2.29. The standard InChI is InChI=1S/C13H17FO2/c1-9-6-10(8-11(14)7-9)12(15)13(16)4-2-3-5-13/h6-8,12,15-16H,2-5H2,1H3. The highest BCUT2D eigenvalue weighted by atomic mass is 19.1. The SMILES string of the molecule is Cc1cc(F)cc(C(O)C2(O)CCCC2)c1. The molecule has 1 aromatic carbocycles. The Morgan fingerprint density at radius 3 is 2.44 bits per heavy atom. The molecule has 0 aromatic heterocycles. The predicted molar refractivity (Wildman–Crippen MR) is 59.5 cm³/mol. The molecule has 3 heteroatoms. The molecule has 0 spiro atoms. The summed E-state index contributed by atoms with van der Waals surface area (Å²) in [4.78, 5) is 0. The molecule has 0 aliphatic heterocycles. The van der Waals surface area contributed by atoms with Gasteiger partial charge in [-0.1, -0.05) is 18.9 Å². The van der Waals surface area contributed by atoms with Crippen LogP contribution in [0.3, 0.4) is 0 Å². The van der Waals surface area contributed by atoms with Gasteiger partial charge in [-0.2, -0.15) is 0 Å². The molecule has 1 saturated carbocycles. The lowest BCUT2D eigenvalue weighted by molar-refractivity contribution is -0.0720. The van der Waals surface area contributed by atoms with Crippen LogP contribution in [0.15, 0.2) is 18.2 Å². The first-order valence-electron chi connectivity index (χ1n) is 5.69. The summed E-state index contributed by atoms with van der Waals surface area (Å²) in [5, 5.41) is 20.3. The second kappa shape index (κ2) is 4.15. The van der Waals surface area contributed by atoms with Crippen molar-refractivity contribution < 1.29 is 14.6 Å². The summed E-state index contributed by atoms with van der Waals surface area (Å²) >= 11 is 0. The van der Waals surface area contributed by atoms with Gasteiger partial charge >= 0.3 is 0 Å². The highest BCUT2D eigenvalue weighted by molar-refractivity contribution is 5.27. The van der Waals surface area contributed by atoms with Crippen LogP contribution < -0.4 is 0 Å². The quantitative estimate of drug-likeness (QED) is 0.810. The van der Waals surface area contributed by atoms with Crippen molar-refractivity contribution in [1.82, 2.24) is 0 Å². The fourth-order valence-corrected chi connectivity index (χ4v) is 2.49. The van der Waals surface area contributed by atoms with Crippen LogP contribution in [-0.2, 0) is 0 Å². The van der Waals surface area contributed by atoms with Crippen molar-refractivity contribution in [3.05, 3.63) is 35.1 Å². The van der Waals surface area contributed by atoms with Crippen LogP contribution in [0.4, 0.5) is 4.39 Å². The molecule has 1 fully saturated rings. The minimum atomic E-state index is -1.07. The maximum Gasteiger partial charge on any atom is 0.123 e. The molecule has 1 aliphatic rings. The summed E-state index contributed by atoms with van der Waals surface area (Å²) in [7, 11) is 0.